The molecule has 2 rings (SSSR count). The number of anilines is 1. The summed E-state index contributed by atoms with van der Waals surface area (Å²) in [6, 6.07) is 11.6. The molecular formula is C20H28N2O4. The monoisotopic (exact) mass is 360 g/mol. The van der Waals surface area contributed by atoms with E-state index in [1.165, 1.54) is 0 Å². The summed E-state index contributed by atoms with van der Waals surface area (Å²) in [4.78, 5) is 0. The van der Waals surface area contributed by atoms with Crippen LogP contribution in [-0.4, -0.2) is 33.4 Å². The molecule has 2 aromatic rings. The van der Waals surface area contributed by atoms with Crippen molar-refractivity contribution in [1.29, 1.82) is 0 Å². The van der Waals surface area contributed by atoms with Gasteiger partial charge in [0.05, 0.1) is 27.0 Å². The Morgan fingerprint density at radius 1 is 1.00 bits per heavy atom. The molecule has 0 fully saturated rings. The molecule has 0 heterocycles. The van der Waals surface area contributed by atoms with Gasteiger partial charge in [-0.1, -0.05) is 12.1 Å². The van der Waals surface area contributed by atoms with Crippen LogP contribution in [0.2, 0.25) is 0 Å². The van der Waals surface area contributed by atoms with Crippen LogP contribution in [0, 0.1) is 0 Å². The third kappa shape index (κ3) is 4.91. The van der Waals surface area contributed by atoms with Gasteiger partial charge in [0, 0.05) is 12.1 Å². The van der Waals surface area contributed by atoms with Gasteiger partial charge in [-0.15, -0.1) is 6.58 Å². The second-order valence-electron chi connectivity index (χ2n) is 5.57. The average Bonchev–Trinajstić information content (AvgIpc) is 2.66. The number of hydrogen-bond acceptors (Lipinski definition) is 5. The number of hydrogen-bond donors (Lipinski definition) is 1. The quantitative estimate of drug-likeness (QED) is 0.422. The highest BCUT2D eigenvalue weighted by Crippen LogP contribution is 2.33. The second kappa shape index (κ2) is 10.3. The van der Waals surface area contributed by atoms with Crippen molar-refractivity contribution in [2.45, 2.75) is 12.8 Å². The normalized spacial score (nSPS) is 9.85. The van der Waals surface area contributed by atoms with Gasteiger partial charge in [-0.05, 0) is 48.7 Å². The zero-order valence-corrected chi connectivity index (χ0v) is 15.6. The van der Waals surface area contributed by atoms with Gasteiger partial charge in [0.2, 0.25) is 0 Å². The molecule has 0 amide bonds. The van der Waals surface area contributed by atoms with Gasteiger partial charge in [-0.25, -0.2) is 5.84 Å². The van der Waals surface area contributed by atoms with E-state index in [0.29, 0.717) is 13.0 Å². The highest BCUT2D eigenvalue weighted by molar-refractivity contribution is 5.52. The third-order valence-corrected chi connectivity index (χ3v) is 4.10. The fourth-order valence-electron chi connectivity index (χ4n) is 2.78. The van der Waals surface area contributed by atoms with Crippen LogP contribution in [0.15, 0.2) is 49.1 Å². The Bertz CT molecular complexity index is 702. The fraction of sp³-hybridized carbons (Fsp3) is 0.300. The maximum absolute atomic E-state index is 6.19. The van der Waals surface area contributed by atoms with Crippen LogP contribution in [0.25, 0.3) is 0 Å². The molecule has 0 atom stereocenters. The summed E-state index contributed by atoms with van der Waals surface area (Å²) in [5.74, 6) is 8.64. The molecule has 4 N–H and O–H groups in total. The Kier molecular flexibility index (Phi) is 8.48. The van der Waals surface area contributed by atoms with Crippen molar-refractivity contribution in [3.63, 3.8) is 0 Å². The molecule has 0 aliphatic heterocycles. The third-order valence-electron chi connectivity index (χ3n) is 4.10. The lowest BCUT2D eigenvalue weighted by atomic mass is 10.0. The van der Waals surface area contributed by atoms with Gasteiger partial charge in [-0.3, -0.25) is 0 Å². The topological polar surface area (TPSA) is 88.5 Å². The van der Waals surface area contributed by atoms with Crippen LogP contribution in [-0.2, 0) is 12.8 Å². The summed E-state index contributed by atoms with van der Waals surface area (Å²) < 4.78 is 16.2. The van der Waals surface area contributed by atoms with E-state index in [1.807, 2.05) is 42.5 Å². The first-order valence-corrected chi connectivity index (χ1v) is 8.14. The van der Waals surface area contributed by atoms with E-state index in [0.717, 1.165) is 40.5 Å². The van der Waals surface area contributed by atoms with Crippen LogP contribution >= 0.6 is 0 Å². The minimum Gasteiger partial charge on any atom is -0.497 e. The summed E-state index contributed by atoms with van der Waals surface area (Å²) in [6.07, 6.45) is 3.28. The lowest BCUT2D eigenvalue weighted by Crippen LogP contribution is -2.32. The first-order chi connectivity index (χ1) is 12.1. The summed E-state index contributed by atoms with van der Waals surface area (Å²) in [5, 5.41) is 1.72. The molecule has 0 aliphatic carbocycles. The van der Waals surface area contributed by atoms with Crippen LogP contribution in [0.4, 0.5) is 5.69 Å². The van der Waals surface area contributed by atoms with Crippen molar-refractivity contribution in [2.24, 2.45) is 5.84 Å². The van der Waals surface area contributed by atoms with Gasteiger partial charge < -0.3 is 24.7 Å². The maximum Gasteiger partial charge on any atom is 0.129 e. The van der Waals surface area contributed by atoms with Gasteiger partial charge in [0.15, 0.2) is 0 Å². The summed E-state index contributed by atoms with van der Waals surface area (Å²) >= 11 is 0. The first-order valence-electron chi connectivity index (χ1n) is 8.14. The van der Waals surface area contributed by atoms with Gasteiger partial charge in [-0.2, -0.15) is 0 Å². The molecule has 2 aromatic carbocycles. The molecule has 0 aromatic heterocycles. The minimum absolute atomic E-state index is 0. The van der Waals surface area contributed by atoms with Crippen molar-refractivity contribution in [2.75, 3.05) is 32.9 Å². The molecule has 0 unspecified atom stereocenters. The summed E-state index contributed by atoms with van der Waals surface area (Å²) in [7, 11) is 4.98. The number of nitrogens with zero attached hydrogens (tertiary/aromatic N) is 1. The van der Waals surface area contributed by atoms with Crippen molar-refractivity contribution >= 4 is 5.69 Å². The molecule has 0 spiro atoms. The van der Waals surface area contributed by atoms with Crippen molar-refractivity contribution in [3.05, 3.63) is 60.2 Å². The number of benzene rings is 2. The highest BCUT2D eigenvalue weighted by atomic mass is 16.5. The Morgan fingerprint density at radius 3 is 2.23 bits per heavy atom. The van der Waals surface area contributed by atoms with E-state index >= 15 is 0 Å². The predicted molar refractivity (Wildman–Crippen MR) is 105 cm³/mol. The number of nitrogens with two attached hydrogens (primary N) is 1. The van der Waals surface area contributed by atoms with Crippen LogP contribution < -0.4 is 25.1 Å². The predicted octanol–water partition coefficient (Wildman–Crippen LogP) is 2.54. The number of hydrazine groups is 1. The largest absolute Gasteiger partial charge is 0.497 e. The number of allylic oxidation sites excluding steroid dienone is 1. The van der Waals surface area contributed by atoms with E-state index in [9.17, 15) is 0 Å². The lowest BCUT2D eigenvalue weighted by Gasteiger charge is -2.21. The smallest absolute Gasteiger partial charge is 0.129 e. The van der Waals surface area contributed by atoms with E-state index in [4.69, 9.17) is 20.1 Å². The van der Waals surface area contributed by atoms with Gasteiger partial charge in [0.1, 0.15) is 17.2 Å². The SMILES string of the molecule is C=CCc1c(OC)ccc(CCN(N)c2ccc(OC)cc2)c1OC.O. The molecule has 0 saturated carbocycles. The van der Waals surface area contributed by atoms with Gasteiger partial charge >= 0.3 is 0 Å². The summed E-state index contributed by atoms with van der Waals surface area (Å²) in [5.41, 5.74) is 3.02. The van der Waals surface area contributed by atoms with Crippen LogP contribution in [0.1, 0.15) is 11.1 Å². The van der Waals surface area contributed by atoms with Crippen molar-refractivity contribution in [1.82, 2.24) is 0 Å². The molecule has 26 heavy (non-hydrogen) atoms. The maximum atomic E-state index is 6.19. The van der Waals surface area contributed by atoms with Crippen molar-refractivity contribution in [3.8, 4) is 17.2 Å². The van der Waals surface area contributed by atoms with Crippen molar-refractivity contribution < 1.29 is 19.7 Å². The standard InChI is InChI=1S/C20H26N2O3.H2O/c1-5-6-18-19(24-3)12-7-15(20(18)25-4)13-14-22(21)16-8-10-17(23-2)11-9-16;/h5,7-12H,1,6,13-14,21H2,2-4H3;1H2. The fourth-order valence-corrected chi connectivity index (χ4v) is 2.78. The molecule has 142 valence electrons. The Labute approximate surface area is 155 Å². The molecule has 0 aliphatic rings. The number of rotatable bonds is 9. The average molecular weight is 360 g/mol. The van der Waals surface area contributed by atoms with Crippen LogP contribution in [0.3, 0.4) is 0 Å². The van der Waals surface area contributed by atoms with E-state index in [1.54, 1.807) is 26.3 Å². The lowest BCUT2D eigenvalue weighted by molar-refractivity contribution is 0.384. The second-order valence-corrected chi connectivity index (χ2v) is 5.57. The Hall–Kier alpha value is -2.70. The zero-order chi connectivity index (χ0) is 18.2. The van der Waals surface area contributed by atoms with Gasteiger partial charge in [0.25, 0.3) is 0 Å². The highest BCUT2D eigenvalue weighted by Gasteiger charge is 2.14. The molecule has 6 nitrogen and oxygen atoms in total. The van der Waals surface area contributed by atoms with E-state index < -0.39 is 0 Å². The first kappa shape index (κ1) is 21.3. The number of ether oxygens (including phenoxy) is 3. The van der Waals surface area contributed by atoms with Crippen LogP contribution in [0.5, 0.6) is 17.2 Å². The van der Waals surface area contributed by atoms with E-state index in [2.05, 4.69) is 6.58 Å². The summed E-state index contributed by atoms with van der Waals surface area (Å²) in [6.45, 7) is 4.47. The molecule has 0 radical (unpaired) electrons. The molecule has 0 saturated heterocycles. The zero-order valence-electron chi connectivity index (χ0n) is 15.6. The van der Waals surface area contributed by atoms with E-state index in [-0.39, 0.29) is 5.48 Å². The Balaban J connectivity index is 0.00000338. The Morgan fingerprint density at radius 2 is 1.69 bits per heavy atom. The molecule has 6 heteroatoms. The molecular weight excluding hydrogens is 332 g/mol. The number of methoxy groups -OCH3 is 3. The molecule has 0 bridgehead atoms. The minimum atomic E-state index is 0.